The van der Waals surface area contributed by atoms with Crippen molar-refractivity contribution in [2.75, 3.05) is 4.90 Å². The molecule has 0 fully saturated rings. The molecule has 0 aliphatic carbocycles. The molecular formula is C82H53F4IrN7O2-2. The molecule has 467 valence electrons. The maximum Gasteiger partial charge on any atom is 0.354 e. The molecule has 0 amide bonds. The number of pyridine rings is 3. The molecule has 0 spiro atoms. The fourth-order valence-electron chi connectivity index (χ4n) is 12.1. The molecule has 14 heteroatoms. The first-order valence-electron chi connectivity index (χ1n) is 30.4. The monoisotopic (exact) mass is 1440 g/mol. The number of carbonyl (C=O) groups is 1. The van der Waals surface area contributed by atoms with Crippen LogP contribution in [0, 0.1) is 35.4 Å². The number of para-hydroxylation sites is 6. The van der Waals surface area contributed by atoms with E-state index in [4.69, 9.17) is 5.11 Å². The van der Waals surface area contributed by atoms with Crippen molar-refractivity contribution in [2.45, 2.75) is 0 Å². The van der Waals surface area contributed by atoms with Gasteiger partial charge in [0.2, 0.25) is 0 Å². The van der Waals surface area contributed by atoms with E-state index in [0.717, 1.165) is 58.4 Å². The van der Waals surface area contributed by atoms with Crippen LogP contribution in [-0.4, -0.2) is 39.7 Å². The minimum absolute atomic E-state index is 0. The number of aromatic carboxylic acids is 1. The molecule has 1 N–H and O–H groups in total. The quantitative estimate of drug-likeness (QED) is 0.114. The molecule has 6 aromatic heterocycles. The molecule has 6 heterocycles. The van der Waals surface area contributed by atoms with Gasteiger partial charge in [-0.05, 0) is 145 Å². The van der Waals surface area contributed by atoms with E-state index in [2.05, 4.69) is 264 Å². The molecule has 9 nitrogen and oxygen atoms in total. The van der Waals surface area contributed by atoms with E-state index < -0.39 is 29.2 Å². The summed E-state index contributed by atoms with van der Waals surface area (Å²) in [5.41, 5.74) is 15.2. The Kier molecular flexibility index (Phi) is 18.3. The van der Waals surface area contributed by atoms with Crippen molar-refractivity contribution in [3.8, 4) is 39.6 Å². The molecule has 96 heavy (non-hydrogen) atoms. The first kappa shape index (κ1) is 62.7. The Bertz CT molecular complexity index is 4960. The number of aromatic nitrogens is 6. The summed E-state index contributed by atoms with van der Waals surface area (Å²) in [5, 5.41) is 15.9. The molecule has 0 atom stereocenters. The minimum Gasteiger partial charge on any atom is -0.477 e. The molecule has 0 aliphatic rings. The maximum absolute atomic E-state index is 13.2. The summed E-state index contributed by atoms with van der Waals surface area (Å²) in [6.45, 7) is 0. The second kappa shape index (κ2) is 28.0. The topological polar surface area (TPSA) is 94.0 Å². The van der Waals surface area contributed by atoms with Crippen LogP contribution in [-0.2, 0) is 20.1 Å². The molecular weight excluding hydrogens is 1380 g/mol. The van der Waals surface area contributed by atoms with E-state index in [1.807, 2.05) is 0 Å². The number of rotatable bonds is 9. The van der Waals surface area contributed by atoms with Gasteiger partial charge in [0.05, 0.1) is 33.1 Å². The van der Waals surface area contributed by atoms with E-state index in [1.54, 1.807) is 60.9 Å². The van der Waals surface area contributed by atoms with Crippen molar-refractivity contribution in [1.29, 1.82) is 0 Å². The summed E-state index contributed by atoms with van der Waals surface area (Å²) in [6.07, 6.45) is 4.54. The third-order valence-corrected chi connectivity index (χ3v) is 16.3. The fraction of sp³-hybridized carbons (Fsp3) is 0. The van der Waals surface area contributed by atoms with Crippen LogP contribution in [0.4, 0.5) is 34.6 Å². The van der Waals surface area contributed by atoms with E-state index in [-0.39, 0.29) is 36.9 Å². The zero-order valence-corrected chi connectivity index (χ0v) is 53.2. The Morgan fingerprint density at radius 2 is 0.615 bits per heavy atom. The summed E-state index contributed by atoms with van der Waals surface area (Å²) in [5.74, 6) is -3.56. The number of hydrogen-bond donors (Lipinski definition) is 1. The van der Waals surface area contributed by atoms with Crippen LogP contribution in [0.3, 0.4) is 0 Å². The predicted molar refractivity (Wildman–Crippen MR) is 372 cm³/mol. The van der Waals surface area contributed by atoms with Crippen LogP contribution < -0.4 is 4.90 Å². The molecule has 17 aromatic rings. The average Bonchev–Trinajstić information content (AvgIpc) is 1.58. The Morgan fingerprint density at radius 1 is 0.344 bits per heavy atom. The van der Waals surface area contributed by atoms with E-state index in [9.17, 15) is 22.4 Å². The van der Waals surface area contributed by atoms with Crippen molar-refractivity contribution in [3.63, 3.8) is 0 Å². The van der Waals surface area contributed by atoms with E-state index in [0.29, 0.717) is 11.4 Å². The molecule has 0 aliphatic heterocycles. The molecule has 0 bridgehead atoms. The van der Waals surface area contributed by atoms with Crippen molar-refractivity contribution in [2.24, 2.45) is 0 Å². The first-order valence-corrected chi connectivity index (χ1v) is 30.4. The van der Waals surface area contributed by atoms with Gasteiger partial charge in [0, 0.05) is 128 Å². The van der Waals surface area contributed by atoms with Gasteiger partial charge in [-0.3, -0.25) is 17.6 Å². The van der Waals surface area contributed by atoms with Crippen LogP contribution in [0.1, 0.15) is 10.5 Å². The van der Waals surface area contributed by atoms with Gasteiger partial charge in [-0.25, -0.2) is 9.78 Å². The van der Waals surface area contributed by atoms with E-state index in [1.165, 1.54) is 77.7 Å². The Balaban J connectivity index is 0.000000176. The van der Waals surface area contributed by atoms with Crippen LogP contribution in [0.15, 0.2) is 316 Å². The van der Waals surface area contributed by atoms with Crippen molar-refractivity contribution in [1.82, 2.24) is 28.7 Å². The van der Waals surface area contributed by atoms with Gasteiger partial charge in [-0.2, -0.15) is 0 Å². The fourth-order valence-corrected chi connectivity index (χ4v) is 12.1. The number of fused-ring (bicyclic) bond motifs is 9. The van der Waals surface area contributed by atoms with Crippen LogP contribution in [0.2, 0.25) is 0 Å². The SMILES string of the molecule is Fc1c[c-]c(-c2ccccn2)c(F)c1.Fc1c[c-]c(-c2ccccn2)c(F)c1.O=C(O)c1ccccn1.[Ir].c1ccc2c(c1)c1ccccc1n2-c1ccc(N(c2ccc(-n3c4ccccc4c4ccccc43)cc2)c2ccc(-n3c4ccccc4c4ccccc43)cc2)cc1. The molecule has 0 unspecified atom stereocenters. The third kappa shape index (κ3) is 12.6. The number of carboxylic acid groups (broad SMARTS) is 1. The van der Waals surface area contributed by atoms with Gasteiger partial charge >= 0.3 is 5.97 Å². The molecule has 0 saturated heterocycles. The van der Waals surface area contributed by atoms with Crippen molar-refractivity contribution < 1.29 is 47.6 Å². The maximum atomic E-state index is 13.2. The van der Waals surface area contributed by atoms with Gasteiger partial charge < -0.3 is 33.7 Å². The van der Waals surface area contributed by atoms with Gasteiger partial charge in [0.15, 0.2) is 0 Å². The summed E-state index contributed by atoms with van der Waals surface area (Å²) in [4.78, 5) is 24.0. The van der Waals surface area contributed by atoms with Gasteiger partial charge in [0.1, 0.15) is 5.69 Å². The molecule has 17 rings (SSSR count). The minimum atomic E-state index is -0.990. The Hall–Kier alpha value is -12.1. The second-order valence-corrected chi connectivity index (χ2v) is 22.0. The molecule has 1 radical (unpaired) electrons. The average molecular weight is 1440 g/mol. The number of halogens is 4. The number of hydrogen-bond acceptors (Lipinski definition) is 5. The standard InChI is InChI=1S/C54H36N4.2C11H6F2N.C6H5NO2.Ir/c1-7-19-49-43(13-1)44-14-2-8-20-50(44)56(49)40-31-25-37(26-32-40)55(38-27-33-41(34-28-38)57-51-21-9-3-15-45(51)46-16-4-10-22-52(46)57)39-29-35-42(36-30-39)58-53-23-11-5-17-47(53)48-18-6-12-24-54(48)58;2*12-8-4-5-9(10(13)7-8)11-3-1-2-6-14-11;8-6(9)5-3-1-2-4-7-5;/h1-36H;2*1-4,6-7H;1-4H,(H,8,9);/q;2*-1;;. The number of anilines is 3. The van der Waals surface area contributed by atoms with Crippen molar-refractivity contribution >= 4 is 88.4 Å². The zero-order valence-electron chi connectivity index (χ0n) is 50.9. The van der Waals surface area contributed by atoms with Gasteiger partial charge in [-0.1, -0.05) is 163 Å². The Morgan fingerprint density at radius 3 is 0.854 bits per heavy atom. The van der Waals surface area contributed by atoms with E-state index >= 15 is 0 Å². The summed E-state index contributed by atoms with van der Waals surface area (Å²) in [6, 6.07) is 103. The predicted octanol–water partition coefficient (Wildman–Crippen LogP) is 20.9. The molecule has 0 saturated carbocycles. The zero-order chi connectivity index (χ0) is 64.8. The van der Waals surface area contributed by atoms with Gasteiger partial charge in [-0.15, -0.1) is 24.3 Å². The summed E-state index contributed by atoms with van der Waals surface area (Å²) in [7, 11) is 0. The summed E-state index contributed by atoms with van der Waals surface area (Å²) >= 11 is 0. The molecule has 11 aromatic carbocycles. The second-order valence-electron chi connectivity index (χ2n) is 22.0. The van der Waals surface area contributed by atoms with Crippen LogP contribution >= 0.6 is 0 Å². The van der Waals surface area contributed by atoms with Crippen LogP contribution in [0.25, 0.3) is 105 Å². The largest absolute Gasteiger partial charge is 0.477 e. The Labute approximate surface area is 562 Å². The van der Waals surface area contributed by atoms with Crippen LogP contribution in [0.5, 0.6) is 0 Å². The number of carboxylic acids is 1. The van der Waals surface area contributed by atoms with Gasteiger partial charge in [0.25, 0.3) is 0 Å². The summed E-state index contributed by atoms with van der Waals surface area (Å²) < 4.78 is 58.7. The number of benzene rings is 11. The number of nitrogens with zero attached hydrogens (tertiary/aromatic N) is 7. The van der Waals surface area contributed by atoms with Crippen molar-refractivity contribution in [3.05, 3.63) is 357 Å². The smallest absolute Gasteiger partial charge is 0.354 e. The first-order chi connectivity index (χ1) is 46.6. The normalized spacial score (nSPS) is 10.9. The third-order valence-electron chi connectivity index (χ3n) is 16.3.